The topological polar surface area (TPSA) is 28.2 Å². The largest absolute Gasteiger partial charge is 0.369 e. The van der Waals surface area contributed by atoms with E-state index in [0.717, 1.165) is 24.9 Å². The molecule has 0 aliphatic heterocycles. The summed E-state index contributed by atoms with van der Waals surface area (Å²) in [6, 6.07) is 2.17. The molecule has 0 saturated heterocycles. The van der Waals surface area contributed by atoms with Gasteiger partial charge in [0.15, 0.2) is 0 Å². The molecule has 1 N–H and O–H groups in total. The number of aromatic nitrogens is 1. The lowest BCUT2D eigenvalue weighted by atomic mass is 10.1. The third-order valence-electron chi connectivity index (χ3n) is 4.14. The Labute approximate surface area is 116 Å². The molecule has 0 spiro atoms. The van der Waals surface area contributed by atoms with Crippen molar-refractivity contribution in [2.24, 2.45) is 11.8 Å². The molecule has 0 atom stereocenters. The highest BCUT2D eigenvalue weighted by Crippen LogP contribution is 2.36. The molecule has 3 heteroatoms. The summed E-state index contributed by atoms with van der Waals surface area (Å²) in [6.45, 7) is 6.61. The van der Waals surface area contributed by atoms with Gasteiger partial charge in [0.05, 0.1) is 11.9 Å². The maximum atomic E-state index is 4.36. The highest BCUT2D eigenvalue weighted by molar-refractivity contribution is 5.52. The summed E-state index contributed by atoms with van der Waals surface area (Å²) in [4.78, 5) is 6.97. The maximum Gasteiger partial charge on any atom is 0.0598 e. The molecule has 19 heavy (non-hydrogen) atoms. The van der Waals surface area contributed by atoms with Gasteiger partial charge in [0.25, 0.3) is 0 Å². The van der Waals surface area contributed by atoms with Gasteiger partial charge in [-0.3, -0.25) is 4.98 Å². The van der Waals surface area contributed by atoms with Crippen molar-refractivity contribution in [2.75, 3.05) is 24.5 Å². The number of pyridine rings is 1. The second-order valence-electron chi connectivity index (χ2n) is 6.08. The number of hydrogen-bond acceptors (Lipinski definition) is 3. The van der Waals surface area contributed by atoms with Crippen molar-refractivity contribution in [1.29, 1.82) is 0 Å². The van der Waals surface area contributed by atoms with Crippen molar-refractivity contribution < 1.29 is 0 Å². The molecular weight excluding hydrogens is 234 g/mol. The Morgan fingerprint density at radius 1 is 1.21 bits per heavy atom. The second kappa shape index (κ2) is 5.91. The smallest absolute Gasteiger partial charge is 0.0598 e. The lowest BCUT2D eigenvalue weighted by Gasteiger charge is -2.27. The fraction of sp³-hybridized carbons (Fsp3) is 0.688. The number of nitrogens with zero attached hydrogens (tertiary/aromatic N) is 2. The van der Waals surface area contributed by atoms with E-state index in [9.17, 15) is 0 Å². The molecule has 2 fully saturated rings. The highest BCUT2D eigenvalue weighted by atomic mass is 15.1. The van der Waals surface area contributed by atoms with Gasteiger partial charge in [0.2, 0.25) is 0 Å². The molecule has 1 heterocycles. The van der Waals surface area contributed by atoms with Gasteiger partial charge in [-0.15, -0.1) is 0 Å². The normalized spacial score (nSPS) is 18.6. The Morgan fingerprint density at radius 3 is 2.47 bits per heavy atom. The van der Waals surface area contributed by atoms with Crippen LogP contribution in [0.5, 0.6) is 0 Å². The zero-order valence-corrected chi connectivity index (χ0v) is 11.9. The minimum Gasteiger partial charge on any atom is -0.369 e. The number of rotatable bonds is 8. The fourth-order valence-corrected chi connectivity index (χ4v) is 2.60. The van der Waals surface area contributed by atoms with Gasteiger partial charge >= 0.3 is 0 Å². The average molecular weight is 259 g/mol. The Balaban J connectivity index is 1.74. The summed E-state index contributed by atoms with van der Waals surface area (Å²) in [5.41, 5.74) is 2.76. The Kier molecular flexibility index (Phi) is 4.02. The monoisotopic (exact) mass is 259 g/mol. The molecule has 1 aromatic rings. The first-order chi connectivity index (χ1) is 9.36. The van der Waals surface area contributed by atoms with E-state index >= 15 is 0 Å². The van der Waals surface area contributed by atoms with Gasteiger partial charge in [0.1, 0.15) is 0 Å². The van der Waals surface area contributed by atoms with Crippen LogP contribution in [0.3, 0.4) is 0 Å². The van der Waals surface area contributed by atoms with E-state index in [1.54, 1.807) is 0 Å². The van der Waals surface area contributed by atoms with E-state index in [-0.39, 0.29) is 0 Å². The molecular formula is C16H25N3. The van der Waals surface area contributed by atoms with Crippen molar-refractivity contribution >= 4 is 5.69 Å². The Bertz CT molecular complexity index is 396. The van der Waals surface area contributed by atoms with Gasteiger partial charge in [-0.05, 0) is 55.7 Å². The molecule has 2 aliphatic carbocycles. The minimum atomic E-state index is 0.936. The molecule has 2 aliphatic rings. The fourth-order valence-electron chi connectivity index (χ4n) is 2.60. The van der Waals surface area contributed by atoms with E-state index in [1.807, 2.05) is 6.20 Å². The quantitative estimate of drug-likeness (QED) is 0.778. The average Bonchev–Trinajstić information content (AvgIpc) is 3.31. The zero-order valence-electron chi connectivity index (χ0n) is 11.9. The molecule has 0 unspecified atom stereocenters. The molecule has 104 valence electrons. The molecule has 3 nitrogen and oxygen atoms in total. The van der Waals surface area contributed by atoms with Crippen LogP contribution in [0.15, 0.2) is 18.5 Å². The standard InChI is InChI=1S/C16H25N3/c1-2-17-9-15-7-8-18-10-16(15)19(11-13-3-4-13)12-14-5-6-14/h7-8,10,13-14,17H,2-6,9,11-12H2,1H3. The lowest BCUT2D eigenvalue weighted by Crippen LogP contribution is -2.30. The molecule has 0 amide bonds. The van der Waals surface area contributed by atoms with E-state index in [1.165, 1.54) is 50.0 Å². The third kappa shape index (κ3) is 3.69. The molecule has 2 saturated carbocycles. The van der Waals surface area contributed by atoms with Crippen LogP contribution in [-0.2, 0) is 6.54 Å². The Morgan fingerprint density at radius 2 is 1.89 bits per heavy atom. The highest BCUT2D eigenvalue weighted by Gasteiger charge is 2.30. The lowest BCUT2D eigenvalue weighted by molar-refractivity contribution is 0.666. The van der Waals surface area contributed by atoms with Crippen LogP contribution in [0.2, 0.25) is 0 Å². The first-order valence-electron chi connectivity index (χ1n) is 7.75. The number of nitrogens with one attached hydrogen (secondary N) is 1. The molecule has 3 rings (SSSR count). The van der Waals surface area contributed by atoms with Crippen molar-refractivity contribution in [1.82, 2.24) is 10.3 Å². The van der Waals surface area contributed by atoms with Crippen LogP contribution >= 0.6 is 0 Å². The van der Waals surface area contributed by atoms with Crippen LogP contribution in [-0.4, -0.2) is 24.6 Å². The predicted octanol–water partition coefficient (Wildman–Crippen LogP) is 2.82. The van der Waals surface area contributed by atoms with Gasteiger partial charge < -0.3 is 10.2 Å². The van der Waals surface area contributed by atoms with E-state index < -0.39 is 0 Å². The minimum absolute atomic E-state index is 0.936. The first kappa shape index (κ1) is 12.9. The van der Waals surface area contributed by atoms with Gasteiger partial charge in [-0.2, -0.15) is 0 Å². The number of anilines is 1. The van der Waals surface area contributed by atoms with Gasteiger partial charge in [-0.25, -0.2) is 0 Å². The summed E-state index contributed by atoms with van der Waals surface area (Å²) in [5, 5.41) is 3.44. The van der Waals surface area contributed by atoms with Crippen molar-refractivity contribution in [2.45, 2.75) is 39.2 Å². The Hall–Kier alpha value is -1.09. The predicted molar refractivity (Wildman–Crippen MR) is 79.3 cm³/mol. The molecule has 1 aromatic heterocycles. The van der Waals surface area contributed by atoms with Crippen LogP contribution in [0.4, 0.5) is 5.69 Å². The summed E-state index contributed by atoms with van der Waals surface area (Å²) < 4.78 is 0. The van der Waals surface area contributed by atoms with E-state index in [0.29, 0.717) is 0 Å². The molecule has 0 bridgehead atoms. The SMILES string of the molecule is CCNCc1ccncc1N(CC1CC1)CC1CC1. The van der Waals surface area contributed by atoms with Crippen LogP contribution in [0, 0.1) is 11.8 Å². The van der Waals surface area contributed by atoms with Crippen molar-refractivity contribution in [3.63, 3.8) is 0 Å². The van der Waals surface area contributed by atoms with Crippen LogP contribution < -0.4 is 10.2 Å². The summed E-state index contributed by atoms with van der Waals surface area (Å²) in [6.07, 6.45) is 9.67. The summed E-state index contributed by atoms with van der Waals surface area (Å²) >= 11 is 0. The van der Waals surface area contributed by atoms with Crippen molar-refractivity contribution in [3.05, 3.63) is 24.0 Å². The first-order valence-corrected chi connectivity index (χ1v) is 7.75. The van der Waals surface area contributed by atoms with E-state index in [4.69, 9.17) is 0 Å². The second-order valence-corrected chi connectivity index (χ2v) is 6.08. The van der Waals surface area contributed by atoms with Crippen LogP contribution in [0.25, 0.3) is 0 Å². The summed E-state index contributed by atoms with van der Waals surface area (Å²) in [7, 11) is 0. The third-order valence-corrected chi connectivity index (χ3v) is 4.14. The maximum absolute atomic E-state index is 4.36. The van der Waals surface area contributed by atoms with E-state index in [2.05, 4.69) is 34.4 Å². The van der Waals surface area contributed by atoms with Crippen LogP contribution in [0.1, 0.15) is 38.2 Å². The molecule has 0 radical (unpaired) electrons. The van der Waals surface area contributed by atoms with Gasteiger partial charge in [0, 0.05) is 25.8 Å². The zero-order chi connectivity index (χ0) is 13.1. The van der Waals surface area contributed by atoms with Gasteiger partial charge in [-0.1, -0.05) is 6.92 Å². The van der Waals surface area contributed by atoms with Crippen molar-refractivity contribution in [3.8, 4) is 0 Å². The summed E-state index contributed by atoms with van der Waals surface area (Å²) in [5.74, 6) is 1.87. The molecule has 0 aromatic carbocycles. The number of hydrogen-bond donors (Lipinski definition) is 1.